The Morgan fingerprint density at radius 2 is 2.43 bits per heavy atom. The van der Waals surface area contributed by atoms with E-state index in [0.29, 0.717) is 10.2 Å². The van der Waals surface area contributed by atoms with Crippen LogP contribution in [0.15, 0.2) is 16.2 Å². The van der Waals surface area contributed by atoms with Crippen LogP contribution in [0.3, 0.4) is 0 Å². The summed E-state index contributed by atoms with van der Waals surface area (Å²) in [6.07, 6.45) is 0. The number of aromatic nitrogens is 2. The molecule has 0 bridgehead atoms. The SMILES string of the molecule is COC(=O)c1nc2sccc2c(=O)[nH]1. The van der Waals surface area contributed by atoms with Crippen LogP contribution in [0.4, 0.5) is 0 Å². The molecule has 2 rings (SSSR count). The first-order valence-corrected chi connectivity index (χ1v) is 4.66. The van der Waals surface area contributed by atoms with Crippen LogP contribution in [-0.4, -0.2) is 23.0 Å². The number of H-pyrrole nitrogens is 1. The lowest BCUT2D eigenvalue weighted by Crippen LogP contribution is -2.15. The molecule has 72 valence electrons. The molecular weight excluding hydrogens is 204 g/mol. The molecule has 2 aromatic heterocycles. The van der Waals surface area contributed by atoms with Crippen LogP contribution in [-0.2, 0) is 4.74 Å². The number of esters is 1. The van der Waals surface area contributed by atoms with Gasteiger partial charge < -0.3 is 9.72 Å². The molecule has 0 aliphatic heterocycles. The molecule has 0 saturated carbocycles. The van der Waals surface area contributed by atoms with Gasteiger partial charge in [-0.25, -0.2) is 9.78 Å². The lowest BCUT2D eigenvalue weighted by molar-refractivity contribution is 0.0587. The minimum absolute atomic E-state index is 0.0625. The molecule has 5 nitrogen and oxygen atoms in total. The van der Waals surface area contributed by atoms with Crippen molar-refractivity contribution in [1.29, 1.82) is 0 Å². The lowest BCUT2D eigenvalue weighted by Gasteiger charge is -1.96. The van der Waals surface area contributed by atoms with Crippen LogP contribution in [0.2, 0.25) is 0 Å². The zero-order valence-corrected chi connectivity index (χ0v) is 8.05. The van der Waals surface area contributed by atoms with Crippen molar-refractivity contribution < 1.29 is 9.53 Å². The molecule has 0 unspecified atom stereocenters. The van der Waals surface area contributed by atoms with Crippen molar-refractivity contribution >= 4 is 27.5 Å². The highest BCUT2D eigenvalue weighted by Crippen LogP contribution is 2.13. The van der Waals surface area contributed by atoms with Crippen molar-refractivity contribution in [2.24, 2.45) is 0 Å². The van der Waals surface area contributed by atoms with Crippen LogP contribution in [0.1, 0.15) is 10.6 Å². The van der Waals surface area contributed by atoms with Crippen molar-refractivity contribution in [2.45, 2.75) is 0 Å². The first kappa shape index (κ1) is 8.89. The number of carbonyl (C=O) groups excluding carboxylic acids is 1. The van der Waals surface area contributed by atoms with E-state index in [1.165, 1.54) is 18.4 Å². The number of hydrogen-bond donors (Lipinski definition) is 1. The maximum absolute atomic E-state index is 11.4. The van der Waals surface area contributed by atoms with Gasteiger partial charge in [-0.05, 0) is 11.4 Å². The van der Waals surface area contributed by atoms with Gasteiger partial charge in [-0.3, -0.25) is 4.79 Å². The predicted octanol–water partition coefficient (Wildman–Crippen LogP) is 0.771. The number of ether oxygens (including phenoxy) is 1. The van der Waals surface area contributed by atoms with Gasteiger partial charge in [-0.15, -0.1) is 11.3 Å². The van der Waals surface area contributed by atoms with E-state index in [4.69, 9.17) is 0 Å². The molecule has 14 heavy (non-hydrogen) atoms. The fourth-order valence-corrected chi connectivity index (χ4v) is 1.82. The van der Waals surface area contributed by atoms with E-state index in [1.54, 1.807) is 11.4 Å². The van der Waals surface area contributed by atoms with Gasteiger partial charge in [0.25, 0.3) is 5.56 Å². The third-order valence-electron chi connectivity index (χ3n) is 1.71. The van der Waals surface area contributed by atoms with Crippen LogP contribution in [0.25, 0.3) is 10.2 Å². The number of thiophene rings is 1. The first-order chi connectivity index (χ1) is 6.72. The van der Waals surface area contributed by atoms with Gasteiger partial charge >= 0.3 is 5.97 Å². The Balaban J connectivity index is 2.70. The molecular formula is C8H6N2O3S. The van der Waals surface area contributed by atoms with E-state index < -0.39 is 5.97 Å². The maximum Gasteiger partial charge on any atom is 0.374 e. The number of methoxy groups -OCH3 is 1. The van der Waals surface area contributed by atoms with Crippen LogP contribution >= 0.6 is 11.3 Å². The van der Waals surface area contributed by atoms with E-state index in [0.717, 1.165) is 0 Å². The summed E-state index contributed by atoms with van der Waals surface area (Å²) >= 11 is 1.30. The number of hydrogen-bond acceptors (Lipinski definition) is 5. The second-order valence-corrected chi connectivity index (χ2v) is 3.44. The largest absolute Gasteiger partial charge is 0.463 e. The molecule has 0 aromatic carbocycles. The summed E-state index contributed by atoms with van der Waals surface area (Å²) in [5, 5.41) is 2.23. The Morgan fingerprint density at radius 1 is 1.64 bits per heavy atom. The predicted molar refractivity (Wildman–Crippen MR) is 51.6 cm³/mol. The Hall–Kier alpha value is -1.69. The molecule has 0 atom stereocenters. The van der Waals surface area contributed by atoms with Gasteiger partial charge in [0.15, 0.2) is 0 Å². The van der Waals surface area contributed by atoms with Gasteiger partial charge in [-0.2, -0.15) is 0 Å². The quantitative estimate of drug-likeness (QED) is 0.706. The van der Waals surface area contributed by atoms with Crippen LogP contribution in [0.5, 0.6) is 0 Å². The van der Waals surface area contributed by atoms with E-state index in [2.05, 4.69) is 14.7 Å². The first-order valence-electron chi connectivity index (χ1n) is 3.78. The number of nitrogens with one attached hydrogen (secondary N) is 1. The van der Waals surface area contributed by atoms with Crippen LogP contribution < -0.4 is 5.56 Å². The normalized spacial score (nSPS) is 10.4. The zero-order valence-electron chi connectivity index (χ0n) is 7.23. The minimum atomic E-state index is -0.641. The maximum atomic E-state index is 11.4. The number of nitrogens with zero attached hydrogens (tertiary/aromatic N) is 1. The zero-order chi connectivity index (χ0) is 10.1. The molecule has 1 N–H and O–H groups in total. The Labute approximate surface area is 82.4 Å². The number of rotatable bonds is 1. The summed E-state index contributed by atoms with van der Waals surface area (Å²) < 4.78 is 4.45. The highest BCUT2D eigenvalue weighted by Gasteiger charge is 2.11. The van der Waals surface area contributed by atoms with Gasteiger partial charge in [0.05, 0.1) is 12.5 Å². The van der Waals surface area contributed by atoms with Gasteiger partial charge in [0.1, 0.15) is 4.83 Å². The third kappa shape index (κ3) is 1.29. The van der Waals surface area contributed by atoms with Crippen molar-refractivity contribution in [3.63, 3.8) is 0 Å². The van der Waals surface area contributed by atoms with E-state index in [-0.39, 0.29) is 11.4 Å². The summed E-state index contributed by atoms with van der Waals surface area (Å²) in [6, 6.07) is 1.66. The second-order valence-electron chi connectivity index (χ2n) is 2.55. The molecule has 0 aliphatic carbocycles. The van der Waals surface area contributed by atoms with Gasteiger partial charge in [0, 0.05) is 0 Å². The fraction of sp³-hybridized carbons (Fsp3) is 0.125. The summed E-state index contributed by atoms with van der Waals surface area (Å²) in [4.78, 5) is 29.3. The standard InChI is InChI=1S/C8H6N2O3S/c1-13-8(12)5-9-6(11)4-2-3-14-7(4)10-5/h2-3H,1H3,(H,9,10,11). The molecule has 0 amide bonds. The smallest absolute Gasteiger partial charge is 0.374 e. The molecule has 0 saturated heterocycles. The average Bonchev–Trinajstić information content (AvgIpc) is 2.64. The van der Waals surface area contributed by atoms with Crippen molar-refractivity contribution in [1.82, 2.24) is 9.97 Å². The molecule has 2 heterocycles. The van der Waals surface area contributed by atoms with E-state index in [1.807, 2.05) is 0 Å². The van der Waals surface area contributed by atoms with Gasteiger partial charge in [-0.1, -0.05) is 0 Å². The molecule has 2 aromatic rings. The Morgan fingerprint density at radius 3 is 3.14 bits per heavy atom. The molecule has 6 heteroatoms. The fourth-order valence-electron chi connectivity index (χ4n) is 1.06. The molecule has 0 aliphatic rings. The van der Waals surface area contributed by atoms with Crippen molar-refractivity contribution in [2.75, 3.05) is 7.11 Å². The minimum Gasteiger partial charge on any atom is -0.463 e. The number of carbonyl (C=O) groups is 1. The Kier molecular flexibility index (Phi) is 2.05. The monoisotopic (exact) mass is 210 g/mol. The molecule has 0 spiro atoms. The highest BCUT2D eigenvalue weighted by molar-refractivity contribution is 7.16. The van der Waals surface area contributed by atoms with Gasteiger partial charge in [0.2, 0.25) is 5.82 Å². The summed E-state index contributed by atoms with van der Waals surface area (Å²) in [6.45, 7) is 0. The average molecular weight is 210 g/mol. The molecule has 0 fully saturated rings. The second kappa shape index (κ2) is 3.22. The summed E-state index contributed by atoms with van der Waals surface area (Å²) in [5.41, 5.74) is -0.323. The van der Waals surface area contributed by atoms with Crippen LogP contribution in [0, 0.1) is 0 Å². The summed E-state index contributed by atoms with van der Waals surface area (Å²) in [7, 11) is 1.24. The lowest BCUT2D eigenvalue weighted by atomic mass is 10.4. The van der Waals surface area contributed by atoms with Crippen molar-refractivity contribution in [3.8, 4) is 0 Å². The molecule has 0 radical (unpaired) electrons. The number of fused-ring (bicyclic) bond motifs is 1. The summed E-state index contributed by atoms with van der Waals surface area (Å²) in [5.74, 6) is -0.704. The number of aromatic amines is 1. The Bertz CT molecular complexity index is 543. The topological polar surface area (TPSA) is 72.0 Å². The third-order valence-corrected chi connectivity index (χ3v) is 2.52. The van der Waals surface area contributed by atoms with E-state index in [9.17, 15) is 9.59 Å². The van der Waals surface area contributed by atoms with E-state index >= 15 is 0 Å². The van der Waals surface area contributed by atoms with Crippen molar-refractivity contribution in [3.05, 3.63) is 27.6 Å². The highest BCUT2D eigenvalue weighted by atomic mass is 32.1.